The van der Waals surface area contributed by atoms with Crippen molar-refractivity contribution in [2.45, 2.75) is 39.3 Å². The van der Waals surface area contributed by atoms with Crippen LogP contribution in [0.2, 0.25) is 0 Å². The second kappa shape index (κ2) is 7.77. The van der Waals surface area contributed by atoms with Gasteiger partial charge < -0.3 is 10.1 Å². The minimum atomic E-state index is 0.675. The monoisotopic (exact) mass is 276 g/mol. The Labute approximate surface area is 123 Å². The minimum Gasteiger partial charge on any atom is -0.383 e. The number of hydrogen-bond acceptors (Lipinski definition) is 3. The molecule has 3 nitrogen and oxygen atoms in total. The first-order valence-electron chi connectivity index (χ1n) is 7.70. The molecule has 1 aliphatic rings. The molecule has 1 atom stereocenters. The molecule has 0 spiro atoms. The molecule has 0 radical (unpaired) electrons. The number of nitrogens with zero attached hydrogens (tertiary/aromatic N) is 1. The number of nitrogens with one attached hydrogen (secondary N) is 1. The summed E-state index contributed by atoms with van der Waals surface area (Å²) in [4.78, 5) is 2.61. The number of aryl methyl sites for hydroxylation is 2. The van der Waals surface area contributed by atoms with Crippen LogP contribution in [0.4, 0.5) is 0 Å². The number of rotatable bonds is 7. The van der Waals surface area contributed by atoms with E-state index < -0.39 is 0 Å². The highest BCUT2D eigenvalue weighted by Gasteiger charge is 2.23. The Morgan fingerprint density at radius 2 is 2.15 bits per heavy atom. The van der Waals surface area contributed by atoms with Crippen molar-refractivity contribution in [3.05, 3.63) is 34.9 Å². The molecule has 2 rings (SSSR count). The fourth-order valence-electron chi connectivity index (χ4n) is 2.91. The molecule has 1 aliphatic heterocycles. The molecule has 0 amide bonds. The second-order valence-electron chi connectivity index (χ2n) is 5.88. The van der Waals surface area contributed by atoms with Gasteiger partial charge in [-0.25, -0.2) is 0 Å². The Morgan fingerprint density at radius 3 is 2.90 bits per heavy atom. The Hall–Kier alpha value is -0.900. The summed E-state index contributed by atoms with van der Waals surface area (Å²) in [5.74, 6) is 0. The third kappa shape index (κ3) is 4.30. The lowest BCUT2D eigenvalue weighted by Gasteiger charge is -2.25. The standard InChI is InChI=1S/C17H28N2O/c1-14-6-7-16(11-15(14)2)13-19-9-4-5-17(19)12-18-8-10-20-3/h6-7,11,17-18H,4-5,8-10,12-13H2,1-3H3. The molecule has 1 saturated heterocycles. The van der Waals surface area contributed by atoms with Crippen molar-refractivity contribution >= 4 is 0 Å². The van der Waals surface area contributed by atoms with Crippen molar-refractivity contribution in [3.8, 4) is 0 Å². The summed E-state index contributed by atoms with van der Waals surface area (Å²) in [6.45, 7) is 9.51. The van der Waals surface area contributed by atoms with Crippen LogP contribution in [-0.2, 0) is 11.3 Å². The summed E-state index contributed by atoms with van der Waals surface area (Å²) in [5, 5.41) is 3.50. The van der Waals surface area contributed by atoms with Gasteiger partial charge in [-0.15, -0.1) is 0 Å². The Balaban J connectivity index is 1.85. The lowest BCUT2D eigenvalue weighted by atomic mass is 10.1. The highest BCUT2D eigenvalue weighted by atomic mass is 16.5. The van der Waals surface area contributed by atoms with E-state index in [4.69, 9.17) is 4.74 Å². The zero-order valence-corrected chi connectivity index (χ0v) is 13.1. The first-order chi connectivity index (χ1) is 9.70. The molecule has 1 aromatic carbocycles. The molecule has 1 fully saturated rings. The van der Waals surface area contributed by atoms with E-state index >= 15 is 0 Å². The molecule has 3 heteroatoms. The third-order valence-corrected chi connectivity index (χ3v) is 4.32. The van der Waals surface area contributed by atoms with Gasteiger partial charge in [0.05, 0.1) is 6.61 Å². The molecular formula is C17H28N2O. The topological polar surface area (TPSA) is 24.5 Å². The zero-order valence-electron chi connectivity index (χ0n) is 13.1. The molecule has 1 aromatic rings. The van der Waals surface area contributed by atoms with E-state index in [2.05, 4.69) is 42.3 Å². The number of benzene rings is 1. The summed E-state index contributed by atoms with van der Waals surface area (Å²) in [6.07, 6.45) is 2.63. The number of methoxy groups -OCH3 is 1. The summed E-state index contributed by atoms with van der Waals surface area (Å²) in [5.41, 5.74) is 4.22. The number of likely N-dealkylation sites (tertiary alicyclic amines) is 1. The summed E-state index contributed by atoms with van der Waals surface area (Å²) in [7, 11) is 1.75. The van der Waals surface area contributed by atoms with Crippen molar-refractivity contribution in [1.29, 1.82) is 0 Å². The van der Waals surface area contributed by atoms with Gasteiger partial charge in [0.1, 0.15) is 0 Å². The Morgan fingerprint density at radius 1 is 1.30 bits per heavy atom. The predicted molar refractivity (Wildman–Crippen MR) is 84.1 cm³/mol. The normalized spacial score (nSPS) is 19.6. The van der Waals surface area contributed by atoms with Crippen molar-refractivity contribution < 1.29 is 4.74 Å². The van der Waals surface area contributed by atoms with Gasteiger partial charge in [0, 0.05) is 32.8 Å². The average Bonchev–Trinajstić information content (AvgIpc) is 2.86. The molecule has 0 saturated carbocycles. The van der Waals surface area contributed by atoms with E-state index in [0.29, 0.717) is 6.04 Å². The van der Waals surface area contributed by atoms with Crippen LogP contribution >= 0.6 is 0 Å². The van der Waals surface area contributed by atoms with Crippen LogP contribution in [0.3, 0.4) is 0 Å². The molecule has 1 heterocycles. The maximum atomic E-state index is 5.08. The Bertz CT molecular complexity index is 419. The fraction of sp³-hybridized carbons (Fsp3) is 0.647. The first-order valence-corrected chi connectivity index (χ1v) is 7.70. The van der Waals surface area contributed by atoms with Crippen LogP contribution in [-0.4, -0.2) is 44.3 Å². The maximum absolute atomic E-state index is 5.08. The number of hydrogen-bond donors (Lipinski definition) is 1. The lowest BCUT2D eigenvalue weighted by molar-refractivity contribution is 0.191. The third-order valence-electron chi connectivity index (χ3n) is 4.32. The van der Waals surface area contributed by atoms with Crippen LogP contribution in [0.25, 0.3) is 0 Å². The van der Waals surface area contributed by atoms with Crippen molar-refractivity contribution in [1.82, 2.24) is 10.2 Å². The van der Waals surface area contributed by atoms with Gasteiger partial charge in [0.25, 0.3) is 0 Å². The van der Waals surface area contributed by atoms with Gasteiger partial charge in [0.15, 0.2) is 0 Å². The highest BCUT2D eigenvalue weighted by molar-refractivity contribution is 5.29. The molecule has 112 valence electrons. The zero-order chi connectivity index (χ0) is 14.4. The van der Waals surface area contributed by atoms with Crippen molar-refractivity contribution in [3.63, 3.8) is 0 Å². The van der Waals surface area contributed by atoms with Crippen LogP contribution in [0.1, 0.15) is 29.5 Å². The summed E-state index contributed by atoms with van der Waals surface area (Å²) in [6, 6.07) is 7.53. The van der Waals surface area contributed by atoms with E-state index in [0.717, 1.165) is 26.2 Å². The smallest absolute Gasteiger partial charge is 0.0587 e. The predicted octanol–water partition coefficient (Wildman–Crippen LogP) is 2.50. The van der Waals surface area contributed by atoms with Crippen LogP contribution in [0, 0.1) is 13.8 Å². The lowest BCUT2D eigenvalue weighted by Crippen LogP contribution is -2.38. The van der Waals surface area contributed by atoms with Crippen molar-refractivity contribution in [2.24, 2.45) is 0 Å². The summed E-state index contributed by atoms with van der Waals surface area (Å²) >= 11 is 0. The van der Waals surface area contributed by atoms with Crippen LogP contribution in [0.5, 0.6) is 0 Å². The quantitative estimate of drug-likeness (QED) is 0.775. The maximum Gasteiger partial charge on any atom is 0.0587 e. The first kappa shape index (κ1) is 15.5. The van der Waals surface area contributed by atoms with Gasteiger partial charge >= 0.3 is 0 Å². The van der Waals surface area contributed by atoms with E-state index in [1.165, 1.54) is 36.1 Å². The van der Waals surface area contributed by atoms with Gasteiger partial charge in [0.2, 0.25) is 0 Å². The minimum absolute atomic E-state index is 0.675. The largest absolute Gasteiger partial charge is 0.383 e. The number of ether oxygens (including phenoxy) is 1. The Kier molecular flexibility index (Phi) is 6.02. The van der Waals surface area contributed by atoms with E-state index in [-0.39, 0.29) is 0 Å². The SMILES string of the molecule is COCCNCC1CCCN1Cc1ccc(C)c(C)c1. The molecule has 1 unspecified atom stereocenters. The highest BCUT2D eigenvalue weighted by Crippen LogP contribution is 2.20. The van der Waals surface area contributed by atoms with E-state index in [1.807, 2.05) is 0 Å². The van der Waals surface area contributed by atoms with Gasteiger partial charge in [-0.05, 0) is 49.9 Å². The van der Waals surface area contributed by atoms with Crippen LogP contribution < -0.4 is 5.32 Å². The van der Waals surface area contributed by atoms with Gasteiger partial charge in [-0.3, -0.25) is 4.90 Å². The molecule has 0 aromatic heterocycles. The van der Waals surface area contributed by atoms with Crippen LogP contribution in [0.15, 0.2) is 18.2 Å². The molecule has 1 N–H and O–H groups in total. The van der Waals surface area contributed by atoms with Gasteiger partial charge in [-0.1, -0.05) is 18.2 Å². The van der Waals surface area contributed by atoms with Crippen molar-refractivity contribution in [2.75, 3.05) is 33.4 Å². The molecule has 0 bridgehead atoms. The molecule has 0 aliphatic carbocycles. The summed E-state index contributed by atoms with van der Waals surface area (Å²) < 4.78 is 5.08. The van der Waals surface area contributed by atoms with E-state index in [1.54, 1.807) is 7.11 Å². The van der Waals surface area contributed by atoms with Gasteiger partial charge in [-0.2, -0.15) is 0 Å². The second-order valence-corrected chi connectivity index (χ2v) is 5.88. The average molecular weight is 276 g/mol. The molecular weight excluding hydrogens is 248 g/mol. The molecule has 20 heavy (non-hydrogen) atoms. The fourth-order valence-corrected chi connectivity index (χ4v) is 2.91. The van der Waals surface area contributed by atoms with E-state index in [9.17, 15) is 0 Å².